The van der Waals surface area contributed by atoms with Gasteiger partial charge in [-0.15, -0.1) is 0 Å². The van der Waals surface area contributed by atoms with Crippen LogP contribution in [-0.2, 0) is 29.1 Å². The molecule has 0 aromatic rings. The third-order valence-electron chi connectivity index (χ3n) is 1.03. The molecule has 0 aliphatic heterocycles. The number of nitrogens with two attached hydrogens (primary N) is 2. The van der Waals surface area contributed by atoms with Crippen LogP contribution in [0.2, 0.25) is 0 Å². The first-order chi connectivity index (χ1) is 6.36. The number of hydrogen-bond acceptors (Lipinski definition) is 6. The fraction of sp³-hybridized carbons (Fsp3) is 0.667. The Morgan fingerprint density at radius 3 is 1.19 bits per heavy atom. The molecule has 0 heterocycles. The topological polar surface area (TPSA) is 158 Å². The van der Waals surface area contributed by atoms with Crippen molar-refractivity contribution in [3.8, 4) is 0 Å². The van der Waals surface area contributed by atoms with Gasteiger partial charge in [0.1, 0.15) is 12.1 Å². The van der Waals surface area contributed by atoms with Crippen LogP contribution in [0.3, 0.4) is 0 Å². The van der Waals surface area contributed by atoms with Crippen molar-refractivity contribution in [2.45, 2.75) is 12.1 Å². The van der Waals surface area contributed by atoms with Crippen molar-refractivity contribution in [1.29, 1.82) is 0 Å². The van der Waals surface area contributed by atoms with Gasteiger partial charge >= 0.3 is 11.9 Å². The third-order valence-corrected chi connectivity index (χ3v) is 1.81. The molecular formula is C6H16N2O5S2Zn. The maximum Gasteiger partial charge on any atom is 0.321 e. The predicted molar refractivity (Wildman–Crippen MR) is 62.5 cm³/mol. The zero-order valence-electron chi connectivity index (χ0n) is 8.54. The fourth-order valence-corrected chi connectivity index (χ4v) is 0.469. The van der Waals surface area contributed by atoms with E-state index in [1.165, 1.54) is 0 Å². The van der Waals surface area contributed by atoms with Crippen LogP contribution in [-0.4, -0.2) is 51.2 Å². The van der Waals surface area contributed by atoms with E-state index >= 15 is 0 Å². The molecule has 16 heavy (non-hydrogen) atoms. The van der Waals surface area contributed by atoms with E-state index in [0.29, 0.717) is 0 Å². The maximum atomic E-state index is 9.76. The van der Waals surface area contributed by atoms with Crippen molar-refractivity contribution in [2.24, 2.45) is 11.5 Å². The van der Waals surface area contributed by atoms with Crippen molar-refractivity contribution in [3.63, 3.8) is 0 Å². The van der Waals surface area contributed by atoms with E-state index in [1.807, 2.05) is 0 Å². The second kappa shape index (κ2) is 15.1. The van der Waals surface area contributed by atoms with Gasteiger partial charge in [-0.2, -0.15) is 25.3 Å². The van der Waals surface area contributed by atoms with Crippen molar-refractivity contribution in [3.05, 3.63) is 0 Å². The third kappa shape index (κ3) is 16.6. The molecule has 0 aromatic heterocycles. The van der Waals surface area contributed by atoms with Gasteiger partial charge in [-0.05, 0) is 0 Å². The zero-order chi connectivity index (χ0) is 11.7. The molecule has 0 radical (unpaired) electrons. The van der Waals surface area contributed by atoms with Crippen molar-refractivity contribution in [2.75, 3.05) is 11.5 Å². The molecule has 0 saturated heterocycles. The monoisotopic (exact) mass is 324 g/mol. The second-order valence-electron chi connectivity index (χ2n) is 2.25. The van der Waals surface area contributed by atoms with Crippen molar-refractivity contribution in [1.82, 2.24) is 0 Å². The van der Waals surface area contributed by atoms with Crippen LogP contribution < -0.4 is 11.5 Å². The Hall–Kier alpha value is 0.143. The van der Waals surface area contributed by atoms with E-state index in [0.717, 1.165) is 0 Å². The predicted octanol–water partition coefficient (Wildman–Crippen LogP) is -2.17. The summed E-state index contributed by atoms with van der Waals surface area (Å²) in [4.78, 5) is 19.5. The van der Waals surface area contributed by atoms with Gasteiger partial charge in [0.05, 0.1) is 0 Å². The van der Waals surface area contributed by atoms with Gasteiger partial charge in [0.15, 0.2) is 0 Å². The summed E-state index contributed by atoms with van der Waals surface area (Å²) in [5, 5.41) is 16.0. The van der Waals surface area contributed by atoms with Crippen LogP contribution in [0.25, 0.3) is 0 Å². The van der Waals surface area contributed by atoms with E-state index in [1.54, 1.807) is 0 Å². The normalized spacial score (nSPS) is 11.8. The molecule has 0 aliphatic carbocycles. The minimum atomic E-state index is -1.00. The van der Waals surface area contributed by atoms with E-state index in [9.17, 15) is 9.59 Å². The molecule has 2 atom stereocenters. The first-order valence-electron chi connectivity index (χ1n) is 3.55. The molecule has 0 spiro atoms. The summed E-state index contributed by atoms with van der Waals surface area (Å²) in [5.74, 6) is -1.63. The molecule has 0 saturated carbocycles. The van der Waals surface area contributed by atoms with Gasteiger partial charge < -0.3 is 27.2 Å². The van der Waals surface area contributed by atoms with E-state index < -0.39 is 24.0 Å². The molecular weight excluding hydrogens is 310 g/mol. The summed E-state index contributed by atoms with van der Waals surface area (Å²) < 4.78 is 0. The minimum Gasteiger partial charge on any atom is -0.480 e. The number of carboxylic acids is 2. The Kier molecular flexibility index (Phi) is 23.8. The molecule has 7 nitrogen and oxygen atoms in total. The molecule has 0 aromatic carbocycles. The Balaban J connectivity index is -0.0000000800. The largest absolute Gasteiger partial charge is 0.480 e. The van der Waals surface area contributed by atoms with E-state index in [2.05, 4.69) is 25.3 Å². The summed E-state index contributed by atoms with van der Waals surface area (Å²) in [6.07, 6.45) is 0. The van der Waals surface area contributed by atoms with Crippen LogP contribution in [0, 0.1) is 0 Å². The number of carboxylic acid groups (broad SMARTS) is 2. The van der Waals surface area contributed by atoms with Gasteiger partial charge in [-0.25, -0.2) is 0 Å². The van der Waals surface area contributed by atoms with Gasteiger partial charge in [-0.3, -0.25) is 9.59 Å². The average Bonchev–Trinajstić information content (AvgIpc) is 2.15. The quantitative estimate of drug-likeness (QED) is 0.255. The minimum absolute atomic E-state index is 0. The number of carbonyl (C=O) groups is 2. The van der Waals surface area contributed by atoms with E-state index in [4.69, 9.17) is 21.7 Å². The summed E-state index contributed by atoms with van der Waals surface area (Å²) >= 11 is 7.30. The smallest absolute Gasteiger partial charge is 0.321 e. The zero-order valence-corrected chi connectivity index (χ0v) is 13.3. The molecule has 0 bridgehead atoms. The summed E-state index contributed by atoms with van der Waals surface area (Å²) in [6, 6.07) is -1.63. The van der Waals surface area contributed by atoms with Crippen molar-refractivity contribution < 1.29 is 44.8 Å². The standard InChI is InChI=1S/2C3H7NO2S.H2O.Zn/c2*4-2(1-7)3(5)6;;/h2*2,7H,1,4H2,(H,5,6);1H2;/t2*2-;;/m00../s1. The number of hydrogen-bond donors (Lipinski definition) is 6. The van der Waals surface area contributed by atoms with Gasteiger partial charge in [0.25, 0.3) is 0 Å². The van der Waals surface area contributed by atoms with Gasteiger partial charge in [0, 0.05) is 31.0 Å². The van der Waals surface area contributed by atoms with Crippen LogP contribution in [0.15, 0.2) is 0 Å². The van der Waals surface area contributed by atoms with Crippen LogP contribution >= 0.6 is 25.3 Å². The van der Waals surface area contributed by atoms with Crippen LogP contribution in [0.5, 0.6) is 0 Å². The molecule has 94 valence electrons. The number of thiol groups is 2. The van der Waals surface area contributed by atoms with Crippen LogP contribution in [0.4, 0.5) is 0 Å². The molecule has 8 N–H and O–H groups in total. The Morgan fingerprint density at radius 1 is 1.00 bits per heavy atom. The molecule has 0 rings (SSSR count). The SMILES string of the molecule is N[C@@H](CS)C(=O)O.N[C@@H](CS)C(=O)O.O.[Zn]. The maximum absolute atomic E-state index is 9.76. The Labute approximate surface area is 117 Å². The molecule has 0 unspecified atom stereocenters. The van der Waals surface area contributed by atoms with Crippen molar-refractivity contribution >= 4 is 37.2 Å². The number of rotatable bonds is 4. The summed E-state index contributed by atoms with van der Waals surface area (Å²) in [5.41, 5.74) is 9.88. The second-order valence-corrected chi connectivity index (χ2v) is 2.98. The van der Waals surface area contributed by atoms with Gasteiger partial charge in [0.2, 0.25) is 0 Å². The Bertz CT molecular complexity index is 178. The fourth-order valence-electron chi connectivity index (χ4n) is 0.156. The summed E-state index contributed by atoms with van der Waals surface area (Å²) in [6.45, 7) is 0. The first-order valence-corrected chi connectivity index (χ1v) is 4.81. The summed E-state index contributed by atoms with van der Waals surface area (Å²) in [7, 11) is 0. The number of aliphatic carboxylic acids is 2. The van der Waals surface area contributed by atoms with E-state index in [-0.39, 0.29) is 36.5 Å². The molecule has 10 heteroatoms. The first kappa shape index (κ1) is 25.1. The van der Waals surface area contributed by atoms with Crippen LogP contribution in [0.1, 0.15) is 0 Å². The average molecular weight is 326 g/mol. The Morgan fingerprint density at radius 2 is 1.19 bits per heavy atom. The molecule has 0 fully saturated rings. The van der Waals surface area contributed by atoms with Gasteiger partial charge in [-0.1, -0.05) is 0 Å². The molecule has 0 amide bonds. The molecule has 0 aliphatic rings.